The van der Waals surface area contributed by atoms with Gasteiger partial charge >= 0.3 is 18.0 Å². The molecule has 0 bridgehead atoms. The van der Waals surface area contributed by atoms with Gasteiger partial charge in [0, 0.05) is 12.3 Å². The van der Waals surface area contributed by atoms with Crippen LogP contribution in [0.5, 0.6) is 0 Å². The van der Waals surface area contributed by atoms with Crippen molar-refractivity contribution in [3.8, 4) is 11.1 Å². The van der Waals surface area contributed by atoms with Crippen LogP contribution in [0.2, 0.25) is 0 Å². The largest absolute Gasteiger partial charge is 0.459 e. The van der Waals surface area contributed by atoms with E-state index in [0.29, 0.717) is 6.42 Å². The first-order valence-corrected chi connectivity index (χ1v) is 23.1. The first-order valence-electron chi connectivity index (χ1n) is 23.1. The summed E-state index contributed by atoms with van der Waals surface area (Å²) in [4.78, 5) is 74.2. The third-order valence-corrected chi connectivity index (χ3v) is 11.5. The molecule has 11 nitrogen and oxygen atoms in total. The van der Waals surface area contributed by atoms with Gasteiger partial charge in [-0.05, 0) is 53.0 Å². The first-order chi connectivity index (χ1) is 29.9. The van der Waals surface area contributed by atoms with Crippen molar-refractivity contribution in [2.45, 2.75) is 162 Å². The summed E-state index contributed by atoms with van der Waals surface area (Å²) in [5.41, 5.74) is 5.04. The Balaban J connectivity index is 1.39. The Morgan fingerprint density at radius 3 is 1.66 bits per heavy atom. The van der Waals surface area contributed by atoms with E-state index in [9.17, 15) is 24.0 Å². The molecular weight excluding hydrogens is 783 g/mol. The summed E-state index contributed by atoms with van der Waals surface area (Å²) in [5, 5.41) is 6.14. The van der Waals surface area contributed by atoms with Gasteiger partial charge in [0.15, 0.2) is 6.04 Å². The van der Waals surface area contributed by atoms with Crippen LogP contribution in [0.4, 0.5) is 4.79 Å². The van der Waals surface area contributed by atoms with Crippen molar-refractivity contribution in [1.82, 2.24) is 15.7 Å². The standard InChI is InChI=1S/C51H71N3O8/c1-7-8-9-10-11-12-13-14-15-16-17-18-22-33-45(55)62-54(47(37(4)5)48(56)53-46(36(2)3)50(58)60-34-39-27-20-19-21-28-39)49(57)38(6)52-51(59)61-35-44-42-31-25-23-29-40(42)41-30-24-26-32-43(41)44/h19-21,23-32,36-38,44,46-47H,7-18,22,33-35H2,1-6H3,(H,52,59)(H,53,56)/t38-,46-,47+/m0/s1. The van der Waals surface area contributed by atoms with Gasteiger partial charge in [-0.1, -0.05) is 191 Å². The van der Waals surface area contributed by atoms with E-state index in [4.69, 9.17) is 14.3 Å². The number of benzene rings is 3. The fraction of sp³-hybridized carbons (Fsp3) is 0.549. The molecule has 0 unspecified atom stereocenters. The maximum absolute atomic E-state index is 14.3. The van der Waals surface area contributed by atoms with Gasteiger partial charge in [0.1, 0.15) is 25.3 Å². The number of carbonyl (C=O) groups excluding carboxylic acids is 5. The zero-order valence-corrected chi connectivity index (χ0v) is 38.0. The second-order valence-corrected chi connectivity index (χ2v) is 17.3. The monoisotopic (exact) mass is 854 g/mol. The van der Waals surface area contributed by atoms with E-state index in [-0.39, 0.29) is 31.5 Å². The van der Waals surface area contributed by atoms with Crippen LogP contribution in [-0.2, 0) is 40.1 Å². The van der Waals surface area contributed by atoms with Crippen molar-refractivity contribution < 1.29 is 38.3 Å². The number of rotatable bonds is 26. The molecule has 4 rings (SSSR count). The van der Waals surface area contributed by atoms with E-state index in [1.807, 2.05) is 78.9 Å². The summed E-state index contributed by atoms with van der Waals surface area (Å²) in [5.74, 6) is -3.96. The summed E-state index contributed by atoms with van der Waals surface area (Å²) in [7, 11) is 0. The highest BCUT2D eigenvalue weighted by molar-refractivity contribution is 5.93. The Bertz CT molecular complexity index is 1820. The fourth-order valence-electron chi connectivity index (χ4n) is 7.99. The van der Waals surface area contributed by atoms with Crippen LogP contribution >= 0.6 is 0 Å². The second kappa shape index (κ2) is 26.3. The van der Waals surface area contributed by atoms with Crippen molar-refractivity contribution in [3.05, 3.63) is 95.6 Å². The smallest absolute Gasteiger partial charge is 0.407 e. The Labute approximate surface area is 370 Å². The minimum Gasteiger partial charge on any atom is -0.459 e. The van der Waals surface area contributed by atoms with Crippen molar-refractivity contribution in [2.75, 3.05) is 6.61 Å². The lowest BCUT2D eigenvalue weighted by atomic mass is 9.98. The Morgan fingerprint density at radius 2 is 1.13 bits per heavy atom. The number of fused-ring (bicyclic) bond motifs is 3. The van der Waals surface area contributed by atoms with Crippen LogP contribution in [0.25, 0.3) is 11.1 Å². The number of hydroxylamine groups is 2. The highest BCUT2D eigenvalue weighted by atomic mass is 16.7. The van der Waals surface area contributed by atoms with Gasteiger partial charge < -0.3 is 24.9 Å². The molecule has 1 aliphatic carbocycles. The molecular formula is C51H71N3O8. The Morgan fingerprint density at radius 1 is 0.613 bits per heavy atom. The number of hydrogen-bond donors (Lipinski definition) is 2. The van der Waals surface area contributed by atoms with E-state index in [1.54, 1.807) is 27.7 Å². The van der Waals surface area contributed by atoms with Crippen LogP contribution in [0.15, 0.2) is 78.9 Å². The fourth-order valence-corrected chi connectivity index (χ4v) is 7.99. The van der Waals surface area contributed by atoms with Crippen molar-refractivity contribution in [1.29, 1.82) is 0 Å². The van der Waals surface area contributed by atoms with Crippen LogP contribution in [0.1, 0.15) is 154 Å². The molecule has 0 aliphatic heterocycles. The molecule has 0 spiro atoms. The number of amides is 3. The second-order valence-electron chi connectivity index (χ2n) is 17.3. The number of nitrogens with one attached hydrogen (secondary N) is 2. The van der Waals surface area contributed by atoms with Gasteiger partial charge in [-0.15, -0.1) is 0 Å². The Hall–Kier alpha value is -5.19. The number of unbranched alkanes of at least 4 members (excludes halogenated alkanes) is 12. The molecule has 3 atom stereocenters. The number of esters is 1. The zero-order chi connectivity index (χ0) is 44.9. The molecule has 2 N–H and O–H groups in total. The third kappa shape index (κ3) is 15.3. The van der Waals surface area contributed by atoms with Gasteiger partial charge in [-0.3, -0.25) is 9.59 Å². The molecule has 0 saturated carbocycles. The van der Waals surface area contributed by atoms with E-state index in [2.05, 4.69) is 17.6 Å². The highest BCUT2D eigenvalue weighted by Gasteiger charge is 2.40. The lowest BCUT2D eigenvalue weighted by molar-refractivity contribution is -0.212. The van der Waals surface area contributed by atoms with E-state index in [1.165, 1.54) is 64.7 Å². The molecule has 0 radical (unpaired) electrons. The summed E-state index contributed by atoms with van der Waals surface area (Å²) >= 11 is 0. The zero-order valence-electron chi connectivity index (χ0n) is 38.0. The summed E-state index contributed by atoms with van der Waals surface area (Å²) in [6, 6.07) is 21.5. The quantitative estimate of drug-likeness (QED) is 0.0462. The molecule has 0 fully saturated rings. The van der Waals surface area contributed by atoms with Crippen LogP contribution < -0.4 is 10.6 Å². The normalized spacial score (nSPS) is 13.4. The van der Waals surface area contributed by atoms with E-state index >= 15 is 0 Å². The average Bonchev–Trinajstić information content (AvgIpc) is 3.58. The molecule has 11 heteroatoms. The molecule has 3 amide bonds. The number of ether oxygens (including phenoxy) is 2. The number of carbonyl (C=O) groups is 5. The Kier molecular flexibility index (Phi) is 21.0. The van der Waals surface area contributed by atoms with Gasteiger partial charge in [-0.25, -0.2) is 14.4 Å². The van der Waals surface area contributed by atoms with Gasteiger partial charge in [0.25, 0.3) is 5.91 Å². The summed E-state index contributed by atoms with van der Waals surface area (Å²) in [6.07, 6.45) is 14.2. The molecule has 0 aromatic heterocycles. The molecule has 0 heterocycles. The topological polar surface area (TPSA) is 140 Å². The maximum Gasteiger partial charge on any atom is 0.407 e. The van der Waals surface area contributed by atoms with Crippen molar-refractivity contribution in [3.63, 3.8) is 0 Å². The molecule has 62 heavy (non-hydrogen) atoms. The van der Waals surface area contributed by atoms with Crippen LogP contribution in [0, 0.1) is 11.8 Å². The average molecular weight is 854 g/mol. The molecule has 338 valence electrons. The molecule has 3 aromatic rings. The minimum absolute atomic E-state index is 0.0207. The van der Waals surface area contributed by atoms with Gasteiger partial charge in [-0.2, -0.15) is 5.06 Å². The third-order valence-electron chi connectivity index (χ3n) is 11.5. The predicted molar refractivity (Wildman–Crippen MR) is 243 cm³/mol. The number of hydrogen-bond acceptors (Lipinski definition) is 8. The number of alkyl carbamates (subject to hydrolysis) is 1. The van der Waals surface area contributed by atoms with E-state index in [0.717, 1.165) is 52.1 Å². The lowest BCUT2D eigenvalue weighted by Crippen LogP contribution is -2.59. The van der Waals surface area contributed by atoms with Crippen molar-refractivity contribution >= 4 is 29.8 Å². The highest BCUT2D eigenvalue weighted by Crippen LogP contribution is 2.44. The van der Waals surface area contributed by atoms with Crippen LogP contribution in [0.3, 0.4) is 0 Å². The van der Waals surface area contributed by atoms with E-state index < -0.39 is 53.9 Å². The summed E-state index contributed by atoms with van der Waals surface area (Å²) < 4.78 is 11.3. The van der Waals surface area contributed by atoms with Crippen LogP contribution in [-0.4, -0.2) is 59.6 Å². The minimum atomic E-state index is -1.34. The first kappa shape index (κ1) is 49.5. The van der Waals surface area contributed by atoms with Crippen molar-refractivity contribution in [2.24, 2.45) is 11.8 Å². The summed E-state index contributed by atoms with van der Waals surface area (Å²) in [6.45, 7) is 10.7. The van der Waals surface area contributed by atoms with Gasteiger partial charge in [0.2, 0.25) is 5.91 Å². The number of nitrogens with zero attached hydrogens (tertiary/aromatic N) is 1. The molecule has 3 aromatic carbocycles. The SMILES string of the molecule is CCCCCCCCCCCCCCCC(=O)ON(C(=O)[C@H](C)NC(=O)OCC1c2ccccc2-c2ccccc21)[C@@H](C(=O)N[C@H](C(=O)OCc1ccccc1)C(C)C)C(C)C. The maximum atomic E-state index is 14.3. The van der Waals surface area contributed by atoms with Gasteiger partial charge in [0.05, 0.1) is 0 Å². The molecule has 0 saturated heterocycles. The lowest BCUT2D eigenvalue weighted by Gasteiger charge is -2.34. The predicted octanol–water partition coefficient (Wildman–Crippen LogP) is 10.6. The molecule has 1 aliphatic rings.